The van der Waals surface area contributed by atoms with Crippen LogP contribution in [0.25, 0.3) is 6.08 Å². The Labute approximate surface area is 187 Å². The second-order valence-electron chi connectivity index (χ2n) is 6.33. The third-order valence-corrected chi connectivity index (χ3v) is 5.39. The average Bonchev–Trinajstić information content (AvgIpc) is 2.99. The van der Waals surface area contributed by atoms with Crippen LogP contribution in [0.5, 0.6) is 17.2 Å². The van der Waals surface area contributed by atoms with E-state index in [0.29, 0.717) is 35.4 Å². The first-order chi connectivity index (χ1) is 14.8. The van der Waals surface area contributed by atoms with E-state index < -0.39 is 23.6 Å². The minimum atomic E-state index is -0.595. The molecule has 3 amide bonds. The van der Waals surface area contributed by atoms with Gasteiger partial charge in [0.1, 0.15) is 12.3 Å². The summed E-state index contributed by atoms with van der Waals surface area (Å²) in [7, 11) is 1.53. The van der Waals surface area contributed by atoms with Crippen LogP contribution in [0.15, 0.2) is 41.3 Å². The molecule has 0 spiro atoms. The Hall–Kier alpha value is -3.17. The van der Waals surface area contributed by atoms with Crippen molar-refractivity contribution in [3.8, 4) is 17.2 Å². The zero-order chi connectivity index (χ0) is 22.5. The van der Waals surface area contributed by atoms with Crippen LogP contribution >= 0.6 is 23.4 Å². The highest BCUT2D eigenvalue weighted by Gasteiger charge is 2.36. The molecule has 1 heterocycles. The summed E-state index contributed by atoms with van der Waals surface area (Å²) < 4.78 is 10.4. The molecule has 0 aromatic heterocycles. The Balaban J connectivity index is 1.72. The molecule has 8 nitrogen and oxygen atoms in total. The van der Waals surface area contributed by atoms with Crippen molar-refractivity contribution in [2.45, 2.75) is 6.92 Å². The molecule has 2 N–H and O–H groups in total. The quantitative estimate of drug-likeness (QED) is 0.596. The molecule has 0 saturated carbocycles. The molecule has 0 unspecified atom stereocenters. The number of ether oxygens (including phenoxy) is 2. The topological polar surface area (TPSA) is 105 Å². The highest BCUT2D eigenvalue weighted by molar-refractivity contribution is 8.18. The second-order valence-corrected chi connectivity index (χ2v) is 7.73. The van der Waals surface area contributed by atoms with E-state index in [1.54, 1.807) is 31.2 Å². The molecule has 162 valence electrons. The van der Waals surface area contributed by atoms with Crippen LogP contribution in [0, 0.1) is 0 Å². The number of aromatic hydroxyl groups is 1. The third-order valence-electron chi connectivity index (χ3n) is 4.20. The fraction of sp³-hybridized carbons (Fsp3) is 0.190. The number of anilines is 1. The fourth-order valence-corrected chi connectivity index (χ4v) is 3.81. The molecular weight excluding hydrogens is 444 g/mol. The lowest BCUT2D eigenvalue weighted by Crippen LogP contribution is -2.36. The van der Waals surface area contributed by atoms with Gasteiger partial charge in [0.2, 0.25) is 5.91 Å². The van der Waals surface area contributed by atoms with Crippen molar-refractivity contribution >= 4 is 52.2 Å². The van der Waals surface area contributed by atoms with Crippen molar-refractivity contribution in [2.75, 3.05) is 25.6 Å². The van der Waals surface area contributed by atoms with Crippen LogP contribution in [-0.2, 0) is 9.59 Å². The van der Waals surface area contributed by atoms with Gasteiger partial charge in [0, 0.05) is 5.69 Å². The minimum absolute atomic E-state index is 0.0512. The molecule has 0 aliphatic carbocycles. The lowest BCUT2D eigenvalue weighted by molar-refractivity contribution is -0.127. The molecule has 1 aliphatic rings. The average molecular weight is 463 g/mol. The number of phenols is 1. The number of carbonyl (C=O) groups excluding carboxylic acids is 3. The van der Waals surface area contributed by atoms with E-state index in [1.807, 2.05) is 0 Å². The van der Waals surface area contributed by atoms with Gasteiger partial charge in [-0.25, -0.2) is 0 Å². The lowest BCUT2D eigenvalue weighted by Gasteiger charge is -2.12. The van der Waals surface area contributed by atoms with Crippen molar-refractivity contribution in [1.29, 1.82) is 0 Å². The van der Waals surface area contributed by atoms with Crippen LogP contribution < -0.4 is 14.8 Å². The summed E-state index contributed by atoms with van der Waals surface area (Å²) in [6.07, 6.45) is 1.46. The number of rotatable bonds is 7. The lowest BCUT2D eigenvalue weighted by atomic mass is 10.2. The number of phenolic OH excluding ortho intramolecular Hbond substituents is 1. The number of halogens is 1. The fourth-order valence-electron chi connectivity index (χ4n) is 2.75. The van der Waals surface area contributed by atoms with Crippen LogP contribution in [0.2, 0.25) is 5.02 Å². The molecular formula is C21H19ClN2O6S. The van der Waals surface area contributed by atoms with E-state index in [9.17, 15) is 19.5 Å². The maximum absolute atomic E-state index is 12.7. The maximum Gasteiger partial charge on any atom is 0.294 e. The second kappa shape index (κ2) is 9.76. The summed E-state index contributed by atoms with van der Waals surface area (Å²) in [6, 6.07) is 9.61. The molecule has 31 heavy (non-hydrogen) atoms. The van der Waals surface area contributed by atoms with Gasteiger partial charge in [-0.05, 0) is 66.7 Å². The normalized spacial score (nSPS) is 14.8. The highest BCUT2D eigenvalue weighted by Crippen LogP contribution is 2.38. The summed E-state index contributed by atoms with van der Waals surface area (Å²) in [5.74, 6) is -0.513. The molecule has 0 atom stereocenters. The number of amides is 3. The largest absolute Gasteiger partial charge is 0.503 e. The molecule has 0 radical (unpaired) electrons. The number of nitrogens with one attached hydrogen (secondary N) is 1. The summed E-state index contributed by atoms with van der Waals surface area (Å²) in [4.78, 5) is 38.2. The maximum atomic E-state index is 12.7. The van der Waals surface area contributed by atoms with Gasteiger partial charge in [-0.1, -0.05) is 11.6 Å². The Morgan fingerprint density at radius 1 is 1.26 bits per heavy atom. The smallest absolute Gasteiger partial charge is 0.294 e. The number of carbonyl (C=O) groups is 3. The summed E-state index contributed by atoms with van der Waals surface area (Å²) in [6.45, 7) is 1.64. The van der Waals surface area contributed by atoms with Gasteiger partial charge in [-0.15, -0.1) is 0 Å². The number of hydrogen-bond acceptors (Lipinski definition) is 7. The molecule has 3 rings (SSSR count). The van der Waals surface area contributed by atoms with Crippen molar-refractivity contribution in [3.05, 3.63) is 51.9 Å². The molecule has 2 aromatic carbocycles. The van der Waals surface area contributed by atoms with Gasteiger partial charge in [0.05, 0.1) is 23.6 Å². The first kappa shape index (κ1) is 22.5. The SMILES string of the molecule is CCOc1cc(/C=C2\SC(=O)N(CC(=O)Nc3ccc(OC)cc3)C2=O)cc(Cl)c1O. The number of nitrogens with zero attached hydrogens (tertiary/aromatic N) is 1. The van der Waals surface area contributed by atoms with Gasteiger partial charge in [-0.3, -0.25) is 19.3 Å². The van der Waals surface area contributed by atoms with Crippen molar-refractivity contribution in [1.82, 2.24) is 4.90 Å². The predicted molar refractivity (Wildman–Crippen MR) is 119 cm³/mol. The van der Waals surface area contributed by atoms with Crippen LogP contribution in [-0.4, -0.2) is 47.3 Å². The number of benzene rings is 2. The van der Waals surface area contributed by atoms with E-state index in [4.69, 9.17) is 21.1 Å². The van der Waals surface area contributed by atoms with E-state index >= 15 is 0 Å². The first-order valence-electron chi connectivity index (χ1n) is 9.17. The molecule has 1 saturated heterocycles. The summed E-state index contributed by atoms with van der Waals surface area (Å²) in [5.41, 5.74) is 0.981. The highest BCUT2D eigenvalue weighted by atomic mass is 35.5. The van der Waals surface area contributed by atoms with Crippen LogP contribution in [0.1, 0.15) is 12.5 Å². The molecule has 2 aromatic rings. The van der Waals surface area contributed by atoms with Gasteiger partial charge < -0.3 is 19.9 Å². The van der Waals surface area contributed by atoms with Crippen molar-refractivity contribution < 1.29 is 29.0 Å². The van der Waals surface area contributed by atoms with Crippen molar-refractivity contribution in [3.63, 3.8) is 0 Å². The standard InChI is InChI=1S/C21H19ClN2O6S/c1-3-30-16-9-12(8-15(22)19(16)26)10-17-20(27)24(21(28)31-17)11-18(25)23-13-4-6-14(29-2)7-5-13/h4-10,26H,3,11H2,1-2H3,(H,23,25)/b17-10-. The predicted octanol–water partition coefficient (Wildman–Crippen LogP) is 4.13. The zero-order valence-corrected chi connectivity index (χ0v) is 18.2. The van der Waals surface area contributed by atoms with Crippen LogP contribution in [0.3, 0.4) is 0 Å². The summed E-state index contributed by atoms with van der Waals surface area (Å²) >= 11 is 6.72. The Bertz CT molecular complexity index is 1050. The van der Waals surface area contributed by atoms with Gasteiger partial charge in [-0.2, -0.15) is 0 Å². The van der Waals surface area contributed by atoms with E-state index in [0.717, 1.165) is 4.90 Å². The number of hydrogen-bond donors (Lipinski definition) is 2. The van der Waals surface area contributed by atoms with E-state index in [2.05, 4.69) is 5.32 Å². The monoisotopic (exact) mass is 462 g/mol. The molecule has 0 bridgehead atoms. The van der Waals surface area contributed by atoms with E-state index in [-0.39, 0.29) is 21.4 Å². The van der Waals surface area contributed by atoms with Gasteiger partial charge in [0.25, 0.3) is 11.1 Å². The third kappa shape index (κ3) is 5.31. The Kier molecular flexibility index (Phi) is 7.09. The van der Waals surface area contributed by atoms with Gasteiger partial charge >= 0.3 is 0 Å². The van der Waals surface area contributed by atoms with Crippen molar-refractivity contribution in [2.24, 2.45) is 0 Å². The summed E-state index contributed by atoms with van der Waals surface area (Å²) in [5, 5.41) is 12.1. The van der Waals surface area contributed by atoms with Crippen LogP contribution in [0.4, 0.5) is 10.5 Å². The Morgan fingerprint density at radius 2 is 1.97 bits per heavy atom. The Morgan fingerprint density at radius 3 is 2.61 bits per heavy atom. The van der Waals surface area contributed by atoms with Gasteiger partial charge in [0.15, 0.2) is 11.5 Å². The number of methoxy groups -OCH3 is 1. The zero-order valence-electron chi connectivity index (χ0n) is 16.7. The number of imide groups is 1. The molecule has 1 fully saturated rings. The minimum Gasteiger partial charge on any atom is -0.503 e. The molecule has 1 aliphatic heterocycles. The van der Waals surface area contributed by atoms with E-state index in [1.165, 1.54) is 25.3 Å². The molecule has 10 heteroatoms. The first-order valence-corrected chi connectivity index (χ1v) is 10.4. The number of thioether (sulfide) groups is 1.